The zero-order chi connectivity index (χ0) is 18.7. The highest BCUT2D eigenvalue weighted by Crippen LogP contribution is 2.29. The van der Waals surface area contributed by atoms with Crippen LogP contribution in [0, 0.1) is 0 Å². The number of benzene rings is 1. The smallest absolute Gasteiger partial charge is 0.264 e. The number of aromatic nitrogens is 4. The SMILES string of the molecule is COc1ccc(NC(=O)CCn2cnc3c(cnn3C)c2=O)c(OC)c1. The highest BCUT2D eigenvalue weighted by Gasteiger charge is 2.11. The molecular weight excluding hydrogens is 338 g/mol. The summed E-state index contributed by atoms with van der Waals surface area (Å²) in [6.07, 6.45) is 3.01. The minimum absolute atomic E-state index is 0.114. The van der Waals surface area contributed by atoms with Crippen LogP contribution >= 0.6 is 0 Å². The second-order valence-corrected chi connectivity index (χ2v) is 5.61. The van der Waals surface area contributed by atoms with Crippen LogP contribution in [-0.4, -0.2) is 39.5 Å². The van der Waals surface area contributed by atoms with Gasteiger partial charge < -0.3 is 14.8 Å². The molecule has 0 spiro atoms. The lowest BCUT2D eigenvalue weighted by Crippen LogP contribution is -2.23. The first-order chi connectivity index (χ1) is 12.5. The van der Waals surface area contributed by atoms with Crippen LogP contribution in [0.5, 0.6) is 11.5 Å². The number of carbonyl (C=O) groups excluding carboxylic acids is 1. The second-order valence-electron chi connectivity index (χ2n) is 5.61. The fourth-order valence-corrected chi connectivity index (χ4v) is 2.56. The summed E-state index contributed by atoms with van der Waals surface area (Å²) in [6, 6.07) is 5.11. The Hall–Kier alpha value is -3.36. The first kappa shape index (κ1) is 17.5. The van der Waals surface area contributed by atoms with Gasteiger partial charge in [0.1, 0.15) is 16.9 Å². The highest BCUT2D eigenvalue weighted by molar-refractivity contribution is 5.92. The van der Waals surface area contributed by atoms with Gasteiger partial charge in [-0.05, 0) is 12.1 Å². The summed E-state index contributed by atoms with van der Waals surface area (Å²) in [5.74, 6) is 0.877. The van der Waals surface area contributed by atoms with Crippen LogP contribution in [0.15, 0.2) is 35.5 Å². The quantitative estimate of drug-likeness (QED) is 0.711. The standard InChI is InChI=1S/C17H19N5O4/c1-21-16-12(9-19-21)17(24)22(10-18-16)7-6-15(23)20-13-5-4-11(25-2)8-14(13)26-3/h4-5,8-10H,6-7H2,1-3H3,(H,20,23). The number of ether oxygens (including phenoxy) is 2. The number of nitrogens with zero attached hydrogens (tertiary/aromatic N) is 4. The van der Waals surface area contributed by atoms with Crippen LogP contribution in [0.1, 0.15) is 6.42 Å². The molecule has 0 fully saturated rings. The number of amides is 1. The fourth-order valence-electron chi connectivity index (χ4n) is 2.56. The predicted molar refractivity (Wildman–Crippen MR) is 95.6 cm³/mol. The predicted octanol–water partition coefficient (Wildman–Crippen LogP) is 1.18. The van der Waals surface area contributed by atoms with E-state index in [9.17, 15) is 9.59 Å². The Labute approximate surface area is 149 Å². The van der Waals surface area contributed by atoms with Crippen molar-refractivity contribution >= 4 is 22.6 Å². The van der Waals surface area contributed by atoms with Crippen molar-refractivity contribution in [3.63, 3.8) is 0 Å². The van der Waals surface area contributed by atoms with Crippen molar-refractivity contribution in [2.45, 2.75) is 13.0 Å². The van der Waals surface area contributed by atoms with Crippen molar-refractivity contribution in [3.05, 3.63) is 41.1 Å². The molecule has 0 radical (unpaired) electrons. The van der Waals surface area contributed by atoms with Gasteiger partial charge in [0.2, 0.25) is 5.91 Å². The van der Waals surface area contributed by atoms with Gasteiger partial charge in [0.25, 0.3) is 5.56 Å². The molecule has 1 aromatic carbocycles. The Morgan fingerprint density at radius 1 is 1.27 bits per heavy atom. The second kappa shape index (κ2) is 7.26. The topological polar surface area (TPSA) is 100 Å². The number of methoxy groups -OCH3 is 2. The third kappa shape index (κ3) is 3.37. The number of hydrogen-bond acceptors (Lipinski definition) is 6. The molecular formula is C17H19N5O4. The van der Waals surface area contributed by atoms with Crippen molar-refractivity contribution in [1.82, 2.24) is 19.3 Å². The van der Waals surface area contributed by atoms with Gasteiger partial charge in [0, 0.05) is 26.1 Å². The molecule has 9 nitrogen and oxygen atoms in total. The summed E-state index contributed by atoms with van der Waals surface area (Å²) in [5, 5.41) is 7.21. The van der Waals surface area contributed by atoms with E-state index in [-0.39, 0.29) is 24.4 Å². The van der Waals surface area contributed by atoms with Crippen molar-refractivity contribution in [3.8, 4) is 11.5 Å². The van der Waals surface area contributed by atoms with Crippen LogP contribution in [0.4, 0.5) is 5.69 Å². The maximum Gasteiger partial charge on any atom is 0.264 e. The van der Waals surface area contributed by atoms with Gasteiger partial charge in [-0.2, -0.15) is 5.10 Å². The molecule has 0 atom stereocenters. The third-order valence-corrected chi connectivity index (χ3v) is 3.98. The van der Waals surface area contributed by atoms with Gasteiger partial charge in [-0.15, -0.1) is 0 Å². The van der Waals surface area contributed by atoms with E-state index in [1.807, 2.05) is 0 Å². The molecule has 1 N–H and O–H groups in total. The molecule has 9 heteroatoms. The molecule has 2 aromatic heterocycles. The summed E-state index contributed by atoms with van der Waals surface area (Å²) in [4.78, 5) is 28.8. The van der Waals surface area contributed by atoms with E-state index in [2.05, 4.69) is 15.4 Å². The summed E-state index contributed by atoms with van der Waals surface area (Å²) in [5.41, 5.74) is 0.822. The van der Waals surface area contributed by atoms with Crippen LogP contribution in [0.3, 0.4) is 0 Å². The number of nitrogens with one attached hydrogen (secondary N) is 1. The number of anilines is 1. The largest absolute Gasteiger partial charge is 0.497 e. The molecule has 136 valence electrons. The van der Waals surface area contributed by atoms with E-state index in [4.69, 9.17) is 9.47 Å². The number of aryl methyl sites for hydroxylation is 2. The molecule has 3 aromatic rings. The van der Waals surface area contributed by atoms with Gasteiger partial charge in [-0.25, -0.2) is 4.98 Å². The first-order valence-electron chi connectivity index (χ1n) is 7.92. The lowest BCUT2D eigenvalue weighted by Gasteiger charge is -2.12. The Morgan fingerprint density at radius 2 is 2.08 bits per heavy atom. The summed E-state index contributed by atoms with van der Waals surface area (Å²) in [7, 11) is 4.78. The van der Waals surface area contributed by atoms with E-state index in [1.165, 1.54) is 28.9 Å². The van der Waals surface area contributed by atoms with Crippen LogP contribution < -0.4 is 20.3 Å². The molecule has 0 unspecified atom stereocenters. The van der Waals surface area contributed by atoms with Crippen LogP contribution in [0.25, 0.3) is 11.0 Å². The van der Waals surface area contributed by atoms with Gasteiger partial charge in [-0.3, -0.25) is 18.8 Å². The Balaban J connectivity index is 1.70. The molecule has 3 rings (SSSR count). The van der Waals surface area contributed by atoms with Crippen molar-refractivity contribution in [2.75, 3.05) is 19.5 Å². The Kier molecular flexibility index (Phi) is 4.87. The highest BCUT2D eigenvalue weighted by atomic mass is 16.5. The number of fused-ring (bicyclic) bond motifs is 1. The number of hydrogen-bond donors (Lipinski definition) is 1. The molecule has 0 bridgehead atoms. The summed E-state index contributed by atoms with van der Waals surface area (Å²) in [6.45, 7) is 0.209. The van der Waals surface area contributed by atoms with Gasteiger partial charge in [0.15, 0.2) is 5.65 Å². The molecule has 0 saturated carbocycles. The number of rotatable bonds is 6. The lowest BCUT2D eigenvalue weighted by molar-refractivity contribution is -0.116. The van der Waals surface area contributed by atoms with Crippen molar-refractivity contribution in [2.24, 2.45) is 7.05 Å². The Bertz CT molecular complexity index is 1010. The number of carbonyl (C=O) groups is 1. The first-order valence-corrected chi connectivity index (χ1v) is 7.92. The van der Waals surface area contributed by atoms with E-state index < -0.39 is 0 Å². The van der Waals surface area contributed by atoms with Crippen LogP contribution in [0.2, 0.25) is 0 Å². The summed E-state index contributed by atoms with van der Waals surface area (Å²) < 4.78 is 13.3. The molecule has 0 aliphatic carbocycles. The zero-order valence-electron chi connectivity index (χ0n) is 14.7. The normalized spacial score (nSPS) is 10.7. The maximum absolute atomic E-state index is 12.4. The molecule has 1 amide bonds. The molecule has 26 heavy (non-hydrogen) atoms. The van der Waals surface area contributed by atoms with Gasteiger partial charge in [-0.1, -0.05) is 0 Å². The molecule has 0 aliphatic rings. The minimum Gasteiger partial charge on any atom is -0.497 e. The molecule has 0 aliphatic heterocycles. The van der Waals surface area contributed by atoms with Gasteiger partial charge in [0.05, 0.1) is 32.4 Å². The van der Waals surface area contributed by atoms with E-state index in [0.717, 1.165) is 0 Å². The molecule has 2 heterocycles. The van der Waals surface area contributed by atoms with Crippen molar-refractivity contribution in [1.29, 1.82) is 0 Å². The van der Waals surface area contributed by atoms with Crippen molar-refractivity contribution < 1.29 is 14.3 Å². The maximum atomic E-state index is 12.4. The average Bonchev–Trinajstić information content (AvgIpc) is 3.03. The summed E-state index contributed by atoms with van der Waals surface area (Å²) >= 11 is 0. The zero-order valence-corrected chi connectivity index (χ0v) is 14.7. The third-order valence-electron chi connectivity index (χ3n) is 3.98. The fraction of sp³-hybridized carbons (Fsp3) is 0.294. The monoisotopic (exact) mass is 357 g/mol. The average molecular weight is 357 g/mol. The Morgan fingerprint density at radius 3 is 2.81 bits per heavy atom. The molecule has 0 saturated heterocycles. The minimum atomic E-state index is -0.244. The van der Waals surface area contributed by atoms with E-state index in [1.54, 1.807) is 32.4 Å². The van der Waals surface area contributed by atoms with Gasteiger partial charge >= 0.3 is 0 Å². The van der Waals surface area contributed by atoms with E-state index >= 15 is 0 Å². The lowest BCUT2D eigenvalue weighted by atomic mass is 10.2. The van der Waals surface area contributed by atoms with Crippen LogP contribution in [-0.2, 0) is 18.4 Å². The van der Waals surface area contributed by atoms with E-state index in [0.29, 0.717) is 28.2 Å².